The summed E-state index contributed by atoms with van der Waals surface area (Å²) in [6.45, 7) is 2.21. The van der Waals surface area contributed by atoms with E-state index >= 15 is 0 Å². The van der Waals surface area contributed by atoms with Crippen LogP contribution < -0.4 is 19.7 Å². The minimum absolute atomic E-state index is 0.234. The second-order valence-electron chi connectivity index (χ2n) is 8.20. The monoisotopic (exact) mass is 508 g/mol. The van der Waals surface area contributed by atoms with Gasteiger partial charge in [0.15, 0.2) is 21.2 Å². The summed E-state index contributed by atoms with van der Waals surface area (Å²) < 4.78 is 36.6. The molecule has 0 atom stereocenters. The number of nitrogens with one attached hydrogen (secondary N) is 1. The van der Waals surface area contributed by atoms with Gasteiger partial charge in [0.2, 0.25) is 0 Å². The molecule has 4 aromatic rings. The van der Waals surface area contributed by atoms with E-state index in [1.54, 1.807) is 50.6 Å². The van der Waals surface area contributed by atoms with Crippen molar-refractivity contribution in [1.29, 1.82) is 0 Å². The molecule has 0 radical (unpaired) electrons. The van der Waals surface area contributed by atoms with Crippen molar-refractivity contribution in [1.82, 2.24) is 9.38 Å². The third-order valence-electron chi connectivity index (χ3n) is 5.71. The Kier molecular flexibility index (Phi) is 7.16. The number of para-hydroxylation sites is 2. The van der Waals surface area contributed by atoms with Crippen LogP contribution in [0.25, 0.3) is 5.65 Å². The molecular weight excluding hydrogens is 480 g/mol. The van der Waals surface area contributed by atoms with E-state index in [1.165, 1.54) is 11.2 Å². The van der Waals surface area contributed by atoms with Gasteiger partial charge in [0.05, 0.1) is 23.4 Å². The minimum Gasteiger partial charge on any atom is -0.495 e. The maximum Gasteiger partial charge on any atom is 0.327 e. The molecule has 9 nitrogen and oxygen atoms in total. The number of fused-ring (bicyclic) bond motifs is 1. The summed E-state index contributed by atoms with van der Waals surface area (Å²) in [6.07, 6.45) is 3.61. The van der Waals surface area contributed by atoms with Crippen molar-refractivity contribution in [3.63, 3.8) is 0 Å². The van der Waals surface area contributed by atoms with Gasteiger partial charge >= 0.3 is 6.03 Å². The van der Waals surface area contributed by atoms with Crippen LogP contribution >= 0.6 is 0 Å². The highest BCUT2D eigenvalue weighted by Gasteiger charge is 2.22. The number of ether oxygens (including phenoxy) is 2. The molecule has 0 bridgehead atoms. The molecule has 36 heavy (non-hydrogen) atoms. The Morgan fingerprint density at radius 2 is 1.75 bits per heavy atom. The number of nitrogens with zero attached hydrogens (tertiary/aromatic N) is 3. The zero-order chi connectivity index (χ0) is 25.9. The number of amides is 2. The van der Waals surface area contributed by atoms with Crippen LogP contribution in [-0.2, 0) is 22.9 Å². The van der Waals surface area contributed by atoms with Gasteiger partial charge in [-0.25, -0.2) is 18.2 Å². The minimum atomic E-state index is -3.26. The molecular formula is C26H28N4O5S. The SMILES string of the molecule is CCc1nc2c(OCc3ccc(S(C)(=O)=O)cc3)cccn2c1N(C)C(=O)Nc1ccccc1OC. The van der Waals surface area contributed by atoms with E-state index in [0.717, 1.165) is 11.3 Å². The summed E-state index contributed by atoms with van der Waals surface area (Å²) in [6, 6.07) is 17.1. The van der Waals surface area contributed by atoms with Crippen molar-refractivity contribution in [2.75, 3.05) is 30.6 Å². The highest BCUT2D eigenvalue weighted by molar-refractivity contribution is 7.90. The third kappa shape index (κ3) is 5.13. The second kappa shape index (κ2) is 10.3. The van der Waals surface area contributed by atoms with Crippen LogP contribution in [-0.4, -0.2) is 44.2 Å². The lowest BCUT2D eigenvalue weighted by atomic mass is 10.2. The van der Waals surface area contributed by atoms with Crippen molar-refractivity contribution < 1.29 is 22.7 Å². The topological polar surface area (TPSA) is 102 Å². The van der Waals surface area contributed by atoms with Crippen LogP contribution in [0.2, 0.25) is 0 Å². The fraction of sp³-hybridized carbons (Fsp3) is 0.231. The summed E-state index contributed by atoms with van der Waals surface area (Å²) in [5, 5.41) is 2.89. The average Bonchev–Trinajstić information content (AvgIpc) is 3.26. The zero-order valence-corrected chi connectivity index (χ0v) is 21.4. The van der Waals surface area contributed by atoms with E-state index in [9.17, 15) is 13.2 Å². The number of aromatic nitrogens is 2. The molecule has 4 rings (SSSR count). The Morgan fingerprint density at radius 1 is 1.06 bits per heavy atom. The number of urea groups is 1. The van der Waals surface area contributed by atoms with Gasteiger partial charge in [-0.3, -0.25) is 9.30 Å². The van der Waals surface area contributed by atoms with E-state index in [2.05, 4.69) is 5.32 Å². The molecule has 0 saturated heterocycles. The number of carbonyl (C=O) groups excluding carboxylic acids is 1. The van der Waals surface area contributed by atoms with Crippen molar-refractivity contribution in [2.24, 2.45) is 0 Å². The maximum atomic E-state index is 13.1. The first kappa shape index (κ1) is 25.1. The van der Waals surface area contributed by atoms with Crippen molar-refractivity contribution in [3.05, 3.63) is 78.1 Å². The number of imidazole rings is 1. The van der Waals surface area contributed by atoms with Crippen molar-refractivity contribution in [2.45, 2.75) is 24.8 Å². The van der Waals surface area contributed by atoms with Crippen LogP contribution in [0.4, 0.5) is 16.3 Å². The molecule has 2 amide bonds. The Morgan fingerprint density at radius 3 is 2.42 bits per heavy atom. The number of methoxy groups -OCH3 is 1. The number of aryl methyl sites for hydroxylation is 1. The summed E-state index contributed by atoms with van der Waals surface area (Å²) in [5.41, 5.74) is 2.70. The standard InChI is InChI=1S/C26H28N4O5S/c1-5-20-25(29(2)26(31)28-21-9-6-7-10-22(21)34-3)30-16-8-11-23(24(30)27-20)35-17-18-12-14-19(15-13-18)36(4,32)33/h6-16H,5,17H2,1-4H3,(H,28,31). The first-order valence-electron chi connectivity index (χ1n) is 11.3. The van der Waals surface area contributed by atoms with Gasteiger partial charge in [-0.05, 0) is 48.4 Å². The Bertz CT molecular complexity index is 1500. The molecule has 0 aliphatic rings. The van der Waals surface area contributed by atoms with E-state index in [-0.39, 0.29) is 17.5 Å². The molecule has 188 valence electrons. The maximum absolute atomic E-state index is 13.1. The lowest BCUT2D eigenvalue weighted by Gasteiger charge is -2.20. The van der Waals surface area contributed by atoms with E-state index in [4.69, 9.17) is 14.5 Å². The molecule has 10 heteroatoms. The molecule has 0 unspecified atom stereocenters. The number of pyridine rings is 1. The fourth-order valence-corrected chi connectivity index (χ4v) is 4.45. The summed E-state index contributed by atoms with van der Waals surface area (Å²) in [7, 11) is -0.0219. The number of anilines is 2. The van der Waals surface area contributed by atoms with Gasteiger partial charge in [0, 0.05) is 19.5 Å². The molecule has 2 aromatic carbocycles. The number of hydrogen-bond acceptors (Lipinski definition) is 6. The smallest absolute Gasteiger partial charge is 0.327 e. The van der Waals surface area contributed by atoms with Gasteiger partial charge in [0.1, 0.15) is 18.2 Å². The van der Waals surface area contributed by atoms with Gasteiger partial charge < -0.3 is 14.8 Å². The van der Waals surface area contributed by atoms with E-state index in [1.807, 2.05) is 41.8 Å². The van der Waals surface area contributed by atoms with Gasteiger partial charge in [-0.1, -0.05) is 31.2 Å². The summed E-state index contributed by atoms with van der Waals surface area (Å²) in [5.74, 6) is 1.74. The molecule has 0 saturated carbocycles. The molecule has 0 fully saturated rings. The first-order chi connectivity index (χ1) is 17.2. The number of sulfone groups is 1. The largest absolute Gasteiger partial charge is 0.495 e. The first-order valence-corrected chi connectivity index (χ1v) is 13.2. The fourth-order valence-electron chi connectivity index (χ4n) is 3.82. The van der Waals surface area contributed by atoms with Crippen LogP contribution in [0.5, 0.6) is 11.5 Å². The lowest BCUT2D eigenvalue weighted by Crippen LogP contribution is -2.32. The van der Waals surface area contributed by atoms with E-state index in [0.29, 0.717) is 35.1 Å². The van der Waals surface area contributed by atoms with Crippen LogP contribution in [0.1, 0.15) is 18.2 Å². The van der Waals surface area contributed by atoms with Gasteiger partial charge in [0.25, 0.3) is 0 Å². The highest BCUT2D eigenvalue weighted by Crippen LogP contribution is 2.30. The predicted molar refractivity (Wildman–Crippen MR) is 139 cm³/mol. The van der Waals surface area contributed by atoms with Crippen LogP contribution in [0, 0.1) is 0 Å². The second-order valence-corrected chi connectivity index (χ2v) is 10.2. The molecule has 0 aliphatic heterocycles. The highest BCUT2D eigenvalue weighted by atomic mass is 32.2. The summed E-state index contributed by atoms with van der Waals surface area (Å²) in [4.78, 5) is 19.6. The lowest BCUT2D eigenvalue weighted by molar-refractivity contribution is 0.257. The van der Waals surface area contributed by atoms with Crippen LogP contribution in [0.3, 0.4) is 0 Å². The van der Waals surface area contributed by atoms with Gasteiger partial charge in [-0.2, -0.15) is 0 Å². The molecule has 2 aromatic heterocycles. The Labute approximate surface area is 210 Å². The molecule has 2 heterocycles. The number of rotatable bonds is 8. The van der Waals surface area contributed by atoms with Gasteiger partial charge in [-0.15, -0.1) is 0 Å². The molecule has 0 spiro atoms. The Hall–Kier alpha value is -4.05. The third-order valence-corrected chi connectivity index (χ3v) is 6.84. The average molecular weight is 509 g/mol. The quantitative estimate of drug-likeness (QED) is 0.374. The normalized spacial score (nSPS) is 11.3. The number of hydrogen-bond donors (Lipinski definition) is 1. The van der Waals surface area contributed by atoms with Crippen molar-refractivity contribution >= 4 is 33.0 Å². The predicted octanol–water partition coefficient (Wildman–Crippen LogP) is 4.56. The van der Waals surface area contributed by atoms with E-state index < -0.39 is 9.84 Å². The zero-order valence-electron chi connectivity index (χ0n) is 20.6. The Balaban J connectivity index is 1.59. The molecule has 0 aliphatic carbocycles. The number of carbonyl (C=O) groups is 1. The van der Waals surface area contributed by atoms with Crippen LogP contribution in [0.15, 0.2) is 71.8 Å². The number of benzene rings is 2. The molecule has 1 N–H and O–H groups in total. The van der Waals surface area contributed by atoms with Crippen molar-refractivity contribution in [3.8, 4) is 11.5 Å². The summed E-state index contributed by atoms with van der Waals surface area (Å²) >= 11 is 0.